The lowest BCUT2D eigenvalue weighted by molar-refractivity contribution is 0.101. The molecule has 4 nitrogen and oxygen atoms in total. The summed E-state index contributed by atoms with van der Waals surface area (Å²) in [6.07, 6.45) is 1.45. The summed E-state index contributed by atoms with van der Waals surface area (Å²) >= 11 is 6.78. The van der Waals surface area contributed by atoms with Gasteiger partial charge in [-0.25, -0.2) is 4.98 Å². The molecule has 0 fully saturated rings. The Hall–Kier alpha value is -1.40. The van der Waals surface area contributed by atoms with Crippen molar-refractivity contribution in [3.63, 3.8) is 0 Å². The molecule has 0 saturated carbocycles. The Bertz CT molecular complexity index is 621. The molecule has 0 atom stereocenters. The topological polar surface area (TPSA) is 62.2 Å². The van der Waals surface area contributed by atoms with Gasteiger partial charge in [-0.15, -0.1) is 0 Å². The zero-order chi connectivity index (χ0) is 14.0. The Morgan fingerprint density at radius 1 is 1.32 bits per heavy atom. The smallest absolute Gasteiger partial charge is 0.278 e. The summed E-state index contributed by atoms with van der Waals surface area (Å²) in [7, 11) is 0. The average Bonchev–Trinajstić information content (AvgIpc) is 2.34. The zero-order valence-electron chi connectivity index (χ0n) is 9.95. The molecule has 1 amide bonds. The van der Waals surface area contributed by atoms with E-state index < -0.39 is 5.91 Å². The number of aromatic hydroxyl groups is 1. The Morgan fingerprint density at radius 2 is 1.95 bits per heavy atom. The van der Waals surface area contributed by atoms with E-state index in [4.69, 9.17) is 0 Å². The number of hydrogen-bond acceptors (Lipinski definition) is 3. The molecule has 0 aliphatic rings. The normalized spacial score (nSPS) is 10.3. The summed E-state index contributed by atoms with van der Waals surface area (Å²) in [5, 5.41) is 12.3. The van der Waals surface area contributed by atoms with Gasteiger partial charge in [0, 0.05) is 15.1 Å². The standard InChI is InChI=1S/C13H10Br2N2O2/c1-7-5-8(14)11(9(15)6-7)17-13(19)12-10(18)3-2-4-16-12/h2-6,18H,1H3,(H,17,19). The number of rotatable bonds is 2. The lowest BCUT2D eigenvalue weighted by atomic mass is 10.2. The summed E-state index contributed by atoms with van der Waals surface area (Å²) in [5.74, 6) is -0.622. The number of hydrogen-bond donors (Lipinski definition) is 2. The first kappa shape index (κ1) is 14.0. The predicted octanol–water partition coefficient (Wildman–Crippen LogP) is 3.87. The van der Waals surface area contributed by atoms with Crippen LogP contribution >= 0.6 is 31.9 Å². The molecule has 0 saturated heterocycles. The van der Waals surface area contributed by atoms with Gasteiger partial charge < -0.3 is 10.4 Å². The summed E-state index contributed by atoms with van der Waals surface area (Å²) in [6, 6.07) is 6.75. The van der Waals surface area contributed by atoms with Crippen LogP contribution in [-0.4, -0.2) is 16.0 Å². The number of amides is 1. The molecule has 2 aromatic rings. The van der Waals surface area contributed by atoms with Crippen LogP contribution < -0.4 is 5.32 Å². The summed E-state index contributed by atoms with van der Waals surface area (Å²) < 4.78 is 1.51. The highest BCUT2D eigenvalue weighted by Crippen LogP contribution is 2.32. The van der Waals surface area contributed by atoms with E-state index in [9.17, 15) is 9.90 Å². The number of aryl methyl sites for hydroxylation is 1. The first-order valence-corrected chi connectivity index (χ1v) is 6.98. The number of carbonyl (C=O) groups excluding carboxylic acids is 1. The van der Waals surface area contributed by atoms with Gasteiger partial charge in [0.25, 0.3) is 5.91 Å². The fraction of sp³-hybridized carbons (Fsp3) is 0.0769. The van der Waals surface area contributed by atoms with E-state index in [1.807, 2.05) is 19.1 Å². The SMILES string of the molecule is Cc1cc(Br)c(NC(=O)c2ncccc2O)c(Br)c1. The van der Waals surface area contributed by atoms with Crippen molar-refractivity contribution in [2.24, 2.45) is 0 Å². The molecule has 19 heavy (non-hydrogen) atoms. The van der Waals surface area contributed by atoms with Gasteiger partial charge in [0.2, 0.25) is 0 Å². The Balaban J connectivity index is 2.32. The first-order valence-electron chi connectivity index (χ1n) is 5.40. The molecule has 1 aromatic heterocycles. The molecule has 0 spiro atoms. The fourth-order valence-corrected chi connectivity index (χ4v) is 3.18. The van der Waals surface area contributed by atoms with Crippen molar-refractivity contribution >= 4 is 43.5 Å². The lowest BCUT2D eigenvalue weighted by Crippen LogP contribution is -2.14. The van der Waals surface area contributed by atoms with Crippen molar-refractivity contribution in [1.29, 1.82) is 0 Å². The predicted molar refractivity (Wildman–Crippen MR) is 80.4 cm³/mol. The third kappa shape index (κ3) is 3.13. The number of pyridine rings is 1. The molecular formula is C13H10Br2N2O2. The number of carbonyl (C=O) groups is 1. The number of benzene rings is 1. The van der Waals surface area contributed by atoms with Crippen LogP contribution in [0, 0.1) is 6.92 Å². The summed E-state index contributed by atoms with van der Waals surface area (Å²) in [6.45, 7) is 1.95. The van der Waals surface area contributed by atoms with Gasteiger partial charge in [-0.2, -0.15) is 0 Å². The van der Waals surface area contributed by atoms with E-state index in [0.29, 0.717) is 5.69 Å². The summed E-state index contributed by atoms with van der Waals surface area (Å²) in [5.41, 5.74) is 1.64. The molecule has 2 rings (SSSR count). The molecule has 0 unspecified atom stereocenters. The van der Waals surface area contributed by atoms with Gasteiger partial charge in [-0.05, 0) is 68.6 Å². The maximum atomic E-state index is 12.0. The van der Waals surface area contributed by atoms with Crippen LogP contribution in [0.25, 0.3) is 0 Å². The van der Waals surface area contributed by atoms with Gasteiger partial charge in [-0.3, -0.25) is 4.79 Å². The van der Waals surface area contributed by atoms with E-state index in [1.54, 1.807) is 6.07 Å². The van der Waals surface area contributed by atoms with E-state index in [-0.39, 0.29) is 11.4 Å². The second-order valence-electron chi connectivity index (χ2n) is 3.93. The van der Waals surface area contributed by atoms with Crippen molar-refractivity contribution < 1.29 is 9.90 Å². The molecule has 6 heteroatoms. The molecule has 1 aromatic carbocycles. The minimum absolute atomic E-state index is 0.0122. The molecule has 0 aliphatic heterocycles. The molecule has 1 heterocycles. The van der Waals surface area contributed by atoms with Crippen LogP contribution in [0.4, 0.5) is 5.69 Å². The number of nitrogens with zero attached hydrogens (tertiary/aromatic N) is 1. The maximum absolute atomic E-state index is 12.0. The molecule has 0 aliphatic carbocycles. The van der Waals surface area contributed by atoms with Gasteiger partial charge in [-0.1, -0.05) is 0 Å². The number of aromatic nitrogens is 1. The van der Waals surface area contributed by atoms with Gasteiger partial charge in [0.05, 0.1) is 5.69 Å². The fourth-order valence-electron chi connectivity index (χ4n) is 1.56. The Labute approximate surface area is 127 Å². The lowest BCUT2D eigenvalue weighted by Gasteiger charge is -2.11. The van der Waals surface area contributed by atoms with Crippen LogP contribution in [0.3, 0.4) is 0 Å². The van der Waals surface area contributed by atoms with Crippen LogP contribution in [-0.2, 0) is 0 Å². The minimum Gasteiger partial charge on any atom is -0.505 e. The van der Waals surface area contributed by atoms with E-state index in [1.165, 1.54) is 12.3 Å². The third-order valence-corrected chi connectivity index (χ3v) is 3.68. The van der Waals surface area contributed by atoms with Crippen molar-refractivity contribution in [3.8, 4) is 5.75 Å². The second-order valence-corrected chi connectivity index (χ2v) is 5.64. The molecule has 0 radical (unpaired) electrons. The molecule has 0 bridgehead atoms. The van der Waals surface area contributed by atoms with E-state index in [2.05, 4.69) is 42.2 Å². The Kier molecular flexibility index (Phi) is 4.21. The van der Waals surface area contributed by atoms with Crippen LogP contribution in [0.1, 0.15) is 16.1 Å². The quantitative estimate of drug-likeness (QED) is 0.824. The third-order valence-electron chi connectivity index (χ3n) is 2.43. The van der Waals surface area contributed by atoms with E-state index in [0.717, 1.165) is 14.5 Å². The van der Waals surface area contributed by atoms with E-state index >= 15 is 0 Å². The van der Waals surface area contributed by atoms with Crippen LogP contribution in [0.2, 0.25) is 0 Å². The van der Waals surface area contributed by atoms with Gasteiger partial charge >= 0.3 is 0 Å². The molecular weight excluding hydrogens is 376 g/mol. The zero-order valence-corrected chi connectivity index (χ0v) is 13.1. The maximum Gasteiger partial charge on any atom is 0.278 e. The van der Waals surface area contributed by atoms with Crippen molar-refractivity contribution in [2.75, 3.05) is 5.32 Å². The number of nitrogens with one attached hydrogen (secondary N) is 1. The molecule has 98 valence electrons. The second kappa shape index (κ2) is 5.71. The number of halogens is 2. The highest BCUT2D eigenvalue weighted by atomic mass is 79.9. The van der Waals surface area contributed by atoms with Crippen LogP contribution in [0.15, 0.2) is 39.4 Å². The largest absolute Gasteiger partial charge is 0.505 e. The highest BCUT2D eigenvalue weighted by Gasteiger charge is 2.15. The molecule has 2 N–H and O–H groups in total. The summed E-state index contributed by atoms with van der Waals surface area (Å²) in [4.78, 5) is 15.9. The van der Waals surface area contributed by atoms with Crippen molar-refractivity contribution in [3.05, 3.63) is 50.7 Å². The highest BCUT2D eigenvalue weighted by molar-refractivity contribution is 9.11. The van der Waals surface area contributed by atoms with Crippen molar-refractivity contribution in [1.82, 2.24) is 4.98 Å². The number of anilines is 1. The minimum atomic E-state index is -0.469. The average molecular weight is 386 g/mol. The van der Waals surface area contributed by atoms with Gasteiger partial charge in [0.1, 0.15) is 5.75 Å². The van der Waals surface area contributed by atoms with Crippen LogP contribution in [0.5, 0.6) is 5.75 Å². The van der Waals surface area contributed by atoms with Gasteiger partial charge in [0.15, 0.2) is 5.69 Å². The monoisotopic (exact) mass is 384 g/mol. The van der Waals surface area contributed by atoms with Crippen molar-refractivity contribution in [2.45, 2.75) is 6.92 Å². The Morgan fingerprint density at radius 3 is 2.53 bits per heavy atom. The first-order chi connectivity index (χ1) is 8.99.